The Balaban J connectivity index is 3.44. The maximum Gasteiger partial charge on any atom is 0.211 e. The molecular weight excluding hydrogens is 256 g/mol. The van der Waals surface area contributed by atoms with Crippen LogP contribution in [0.3, 0.4) is 0 Å². The SMILES string of the molecule is CCSCCCNCCCN(CC)S(C)(=O)=O. The van der Waals surface area contributed by atoms with Crippen LogP contribution in [0, 0.1) is 0 Å². The molecule has 17 heavy (non-hydrogen) atoms. The van der Waals surface area contributed by atoms with Gasteiger partial charge in [-0.05, 0) is 37.4 Å². The summed E-state index contributed by atoms with van der Waals surface area (Å²) in [6.45, 7) is 7.14. The fourth-order valence-corrected chi connectivity index (χ4v) is 3.07. The number of sulfonamides is 1. The molecule has 0 aliphatic heterocycles. The lowest BCUT2D eigenvalue weighted by molar-refractivity contribution is 0.419. The summed E-state index contributed by atoms with van der Waals surface area (Å²) in [6, 6.07) is 0. The van der Waals surface area contributed by atoms with Crippen LogP contribution in [0.4, 0.5) is 0 Å². The Kier molecular flexibility index (Phi) is 10.3. The minimum absolute atomic E-state index is 0.561. The lowest BCUT2D eigenvalue weighted by atomic mass is 10.4. The Hall–Kier alpha value is 0.220. The maximum atomic E-state index is 11.3. The van der Waals surface area contributed by atoms with E-state index in [0.29, 0.717) is 13.1 Å². The summed E-state index contributed by atoms with van der Waals surface area (Å²) in [6.07, 6.45) is 3.33. The molecule has 0 amide bonds. The second-order valence-corrected chi connectivity index (χ2v) is 7.28. The average molecular weight is 282 g/mol. The topological polar surface area (TPSA) is 49.4 Å². The van der Waals surface area contributed by atoms with E-state index in [0.717, 1.165) is 19.5 Å². The van der Waals surface area contributed by atoms with Crippen molar-refractivity contribution in [2.75, 3.05) is 43.9 Å². The standard InChI is InChI=1S/C11H26N2O2S2/c1-4-13(17(3,14)15)10-6-8-12-9-7-11-16-5-2/h12H,4-11H2,1-3H3. The van der Waals surface area contributed by atoms with Gasteiger partial charge in [0.15, 0.2) is 0 Å². The minimum Gasteiger partial charge on any atom is -0.317 e. The van der Waals surface area contributed by atoms with Gasteiger partial charge in [0.25, 0.3) is 0 Å². The van der Waals surface area contributed by atoms with Crippen LogP contribution < -0.4 is 5.32 Å². The highest BCUT2D eigenvalue weighted by molar-refractivity contribution is 7.99. The predicted octanol–water partition coefficient (Wildman–Crippen LogP) is 1.39. The Morgan fingerprint density at radius 3 is 2.35 bits per heavy atom. The number of nitrogens with zero attached hydrogens (tertiary/aromatic N) is 1. The first-order chi connectivity index (χ1) is 8.02. The Morgan fingerprint density at radius 1 is 1.18 bits per heavy atom. The first kappa shape index (κ1) is 17.2. The molecule has 0 heterocycles. The second kappa shape index (κ2) is 10.2. The van der Waals surface area contributed by atoms with Crippen LogP contribution in [0.25, 0.3) is 0 Å². The van der Waals surface area contributed by atoms with Gasteiger partial charge < -0.3 is 5.32 Å². The van der Waals surface area contributed by atoms with Crippen molar-refractivity contribution in [3.63, 3.8) is 0 Å². The molecular formula is C11H26N2O2S2. The van der Waals surface area contributed by atoms with Crippen LogP contribution in [-0.2, 0) is 10.0 Å². The lowest BCUT2D eigenvalue weighted by Gasteiger charge is -2.17. The Labute approximate surface area is 111 Å². The van der Waals surface area contributed by atoms with Gasteiger partial charge in [0.1, 0.15) is 0 Å². The van der Waals surface area contributed by atoms with Crippen molar-refractivity contribution < 1.29 is 8.42 Å². The van der Waals surface area contributed by atoms with E-state index in [2.05, 4.69) is 12.2 Å². The molecule has 0 aliphatic carbocycles. The van der Waals surface area contributed by atoms with Gasteiger partial charge in [-0.2, -0.15) is 11.8 Å². The van der Waals surface area contributed by atoms with Gasteiger partial charge in [0.05, 0.1) is 6.26 Å². The van der Waals surface area contributed by atoms with E-state index in [1.165, 1.54) is 28.5 Å². The summed E-state index contributed by atoms with van der Waals surface area (Å²) in [5.41, 5.74) is 0. The Morgan fingerprint density at radius 2 is 1.82 bits per heavy atom. The molecule has 0 saturated heterocycles. The van der Waals surface area contributed by atoms with E-state index < -0.39 is 10.0 Å². The van der Waals surface area contributed by atoms with E-state index in [-0.39, 0.29) is 0 Å². The molecule has 6 heteroatoms. The third-order valence-corrected chi connectivity index (χ3v) is 4.79. The lowest BCUT2D eigenvalue weighted by Crippen LogP contribution is -2.32. The van der Waals surface area contributed by atoms with Gasteiger partial charge in [-0.25, -0.2) is 12.7 Å². The highest BCUT2D eigenvalue weighted by Gasteiger charge is 2.12. The summed E-state index contributed by atoms with van der Waals surface area (Å²) in [5, 5.41) is 3.34. The summed E-state index contributed by atoms with van der Waals surface area (Å²) in [4.78, 5) is 0. The molecule has 0 aromatic heterocycles. The number of thioether (sulfide) groups is 1. The van der Waals surface area contributed by atoms with Crippen LogP contribution >= 0.6 is 11.8 Å². The normalized spacial score (nSPS) is 12.2. The zero-order valence-electron chi connectivity index (χ0n) is 11.2. The third kappa shape index (κ3) is 9.88. The highest BCUT2D eigenvalue weighted by Crippen LogP contribution is 2.00. The molecule has 4 nitrogen and oxygen atoms in total. The van der Waals surface area contributed by atoms with Crippen LogP contribution in [0.1, 0.15) is 26.7 Å². The van der Waals surface area contributed by atoms with Gasteiger partial charge in [-0.1, -0.05) is 13.8 Å². The zero-order valence-corrected chi connectivity index (χ0v) is 12.9. The van der Waals surface area contributed by atoms with E-state index in [9.17, 15) is 8.42 Å². The largest absolute Gasteiger partial charge is 0.317 e. The maximum absolute atomic E-state index is 11.3. The van der Waals surface area contributed by atoms with Gasteiger partial charge in [-0.15, -0.1) is 0 Å². The summed E-state index contributed by atoms with van der Waals surface area (Å²) >= 11 is 1.96. The average Bonchev–Trinajstić information content (AvgIpc) is 2.25. The fourth-order valence-electron chi connectivity index (χ4n) is 1.51. The first-order valence-corrected chi connectivity index (χ1v) is 9.26. The molecule has 0 unspecified atom stereocenters. The molecule has 0 fully saturated rings. The highest BCUT2D eigenvalue weighted by atomic mass is 32.2. The third-order valence-electron chi connectivity index (χ3n) is 2.43. The number of nitrogens with one attached hydrogen (secondary N) is 1. The van der Waals surface area contributed by atoms with Crippen molar-refractivity contribution in [1.29, 1.82) is 0 Å². The second-order valence-electron chi connectivity index (χ2n) is 3.91. The van der Waals surface area contributed by atoms with Crippen molar-refractivity contribution in [3.05, 3.63) is 0 Å². The molecule has 104 valence electrons. The quantitative estimate of drug-likeness (QED) is 0.582. The number of hydrogen-bond donors (Lipinski definition) is 1. The van der Waals surface area contributed by atoms with Gasteiger partial charge in [0.2, 0.25) is 10.0 Å². The van der Waals surface area contributed by atoms with Crippen LogP contribution in [0.2, 0.25) is 0 Å². The monoisotopic (exact) mass is 282 g/mol. The smallest absolute Gasteiger partial charge is 0.211 e. The van der Waals surface area contributed by atoms with Gasteiger partial charge in [0, 0.05) is 13.1 Å². The molecule has 0 rings (SSSR count). The Bertz CT molecular complexity index is 269. The molecule has 0 aromatic rings. The first-order valence-electron chi connectivity index (χ1n) is 6.26. The van der Waals surface area contributed by atoms with E-state index in [1.54, 1.807) is 0 Å². The van der Waals surface area contributed by atoms with Crippen molar-refractivity contribution in [2.24, 2.45) is 0 Å². The molecule has 0 spiro atoms. The molecule has 0 aromatic carbocycles. The molecule has 0 bridgehead atoms. The van der Waals surface area contributed by atoms with E-state index in [4.69, 9.17) is 0 Å². The van der Waals surface area contributed by atoms with Gasteiger partial charge >= 0.3 is 0 Å². The van der Waals surface area contributed by atoms with Crippen molar-refractivity contribution in [1.82, 2.24) is 9.62 Å². The summed E-state index contributed by atoms with van der Waals surface area (Å²) in [5.74, 6) is 2.38. The summed E-state index contributed by atoms with van der Waals surface area (Å²) < 4.78 is 24.1. The van der Waals surface area contributed by atoms with E-state index in [1.807, 2.05) is 18.7 Å². The van der Waals surface area contributed by atoms with Crippen LogP contribution in [0.15, 0.2) is 0 Å². The van der Waals surface area contributed by atoms with Crippen molar-refractivity contribution in [2.45, 2.75) is 26.7 Å². The number of hydrogen-bond acceptors (Lipinski definition) is 4. The molecule has 0 saturated carbocycles. The minimum atomic E-state index is -3.02. The summed E-state index contributed by atoms with van der Waals surface area (Å²) in [7, 11) is -3.02. The molecule has 0 radical (unpaired) electrons. The van der Waals surface area contributed by atoms with Gasteiger partial charge in [-0.3, -0.25) is 0 Å². The van der Waals surface area contributed by atoms with Crippen LogP contribution in [0.5, 0.6) is 0 Å². The molecule has 0 aliphatic rings. The molecule has 0 atom stereocenters. The fraction of sp³-hybridized carbons (Fsp3) is 1.00. The van der Waals surface area contributed by atoms with Crippen LogP contribution in [-0.4, -0.2) is 56.7 Å². The van der Waals surface area contributed by atoms with Crippen molar-refractivity contribution in [3.8, 4) is 0 Å². The zero-order chi connectivity index (χ0) is 13.1. The number of rotatable bonds is 11. The van der Waals surface area contributed by atoms with E-state index >= 15 is 0 Å². The predicted molar refractivity (Wildman–Crippen MR) is 77.2 cm³/mol. The molecule has 1 N–H and O–H groups in total. The van der Waals surface area contributed by atoms with Crippen molar-refractivity contribution >= 4 is 21.8 Å².